The van der Waals surface area contributed by atoms with E-state index < -0.39 is 5.41 Å². The van der Waals surface area contributed by atoms with Gasteiger partial charge in [0, 0.05) is 23.6 Å². The summed E-state index contributed by atoms with van der Waals surface area (Å²) in [5, 5.41) is 2.90. The third kappa shape index (κ3) is 2.53. The molecule has 1 aliphatic rings. The molecule has 0 bridgehead atoms. The van der Waals surface area contributed by atoms with Crippen molar-refractivity contribution in [3.05, 3.63) is 60.2 Å². The third-order valence-corrected chi connectivity index (χ3v) is 4.22. The summed E-state index contributed by atoms with van der Waals surface area (Å²) in [6, 6.07) is 10.1. The van der Waals surface area contributed by atoms with Gasteiger partial charge in [0.15, 0.2) is 0 Å². The lowest BCUT2D eigenvalue weighted by molar-refractivity contribution is -0.121. The normalized spacial score (nSPS) is 16.6. The molecule has 0 radical (unpaired) electrons. The lowest BCUT2D eigenvalue weighted by atomic mass is 9.77. The van der Waals surface area contributed by atoms with Crippen LogP contribution in [-0.2, 0) is 10.2 Å². The number of hydrogen-bond donors (Lipinski definition) is 1. The summed E-state index contributed by atoms with van der Waals surface area (Å²) in [5.41, 5.74) is 0.445. The molecule has 0 atom stereocenters. The van der Waals surface area contributed by atoms with E-state index in [1.165, 1.54) is 6.07 Å². The SMILES string of the molecule is O=C(Nc1ccncc1)C1(c2ccccc2F)CCCC1. The number of carbonyl (C=O) groups is 1. The second-order valence-electron chi connectivity index (χ2n) is 5.46. The lowest BCUT2D eigenvalue weighted by Crippen LogP contribution is -2.38. The van der Waals surface area contributed by atoms with Gasteiger partial charge in [0.25, 0.3) is 0 Å². The molecule has 108 valence electrons. The van der Waals surface area contributed by atoms with Crippen LogP contribution in [0.1, 0.15) is 31.2 Å². The molecule has 2 aromatic rings. The number of hydrogen-bond acceptors (Lipinski definition) is 2. The van der Waals surface area contributed by atoms with E-state index >= 15 is 0 Å². The number of nitrogens with one attached hydrogen (secondary N) is 1. The standard InChI is InChI=1S/C17H17FN2O/c18-15-6-2-1-5-14(15)17(9-3-4-10-17)16(21)20-13-7-11-19-12-8-13/h1-2,5-8,11-12H,3-4,9-10H2,(H,19,20,21). The Labute approximate surface area is 123 Å². The van der Waals surface area contributed by atoms with Gasteiger partial charge in [-0.1, -0.05) is 31.0 Å². The van der Waals surface area contributed by atoms with Crippen LogP contribution in [0.4, 0.5) is 10.1 Å². The van der Waals surface area contributed by atoms with Gasteiger partial charge in [-0.15, -0.1) is 0 Å². The molecule has 4 heteroatoms. The molecule has 1 N–H and O–H groups in total. The molecule has 0 unspecified atom stereocenters. The van der Waals surface area contributed by atoms with Gasteiger partial charge in [0.2, 0.25) is 5.91 Å². The van der Waals surface area contributed by atoms with E-state index in [-0.39, 0.29) is 11.7 Å². The van der Waals surface area contributed by atoms with Crippen LogP contribution >= 0.6 is 0 Å². The van der Waals surface area contributed by atoms with E-state index in [1.54, 1.807) is 42.7 Å². The average molecular weight is 284 g/mol. The van der Waals surface area contributed by atoms with E-state index in [4.69, 9.17) is 0 Å². The van der Waals surface area contributed by atoms with Crippen molar-refractivity contribution in [1.29, 1.82) is 0 Å². The molecule has 1 aromatic carbocycles. The van der Waals surface area contributed by atoms with Gasteiger partial charge in [-0.2, -0.15) is 0 Å². The fourth-order valence-electron chi connectivity index (χ4n) is 3.13. The van der Waals surface area contributed by atoms with E-state index in [2.05, 4.69) is 10.3 Å². The van der Waals surface area contributed by atoms with Gasteiger partial charge in [-0.05, 0) is 31.0 Å². The summed E-state index contributed by atoms with van der Waals surface area (Å²) < 4.78 is 14.2. The first-order valence-electron chi connectivity index (χ1n) is 7.19. The van der Waals surface area contributed by atoms with Gasteiger partial charge >= 0.3 is 0 Å². The molecule has 21 heavy (non-hydrogen) atoms. The van der Waals surface area contributed by atoms with Gasteiger partial charge in [-0.25, -0.2) is 4.39 Å². The Hall–Kier alpha value is -2.23. The number of amides is 1. The molecule has 1 fully saturated rings. The van der Waals surface area contributed by atoms with Crippen LogP contribution in [0, 0.1) is 5.82 Å². The first-order chi connectivity index (χ1) is 10.2. The van der Waals surface area contributed by atoms with Crippen LogP contribution in [0.5, 0.6) is 0 Å². The zero-order valence-corrected chi connectivity index (χ0v) is 11.7. The summed E-state index contributed by atoms with van der Waals surface area (Å²) >= 11 is 0. The van der Waals surface area contributed by atoms with Crippen LogP contribution in [0.3, 0.4) is 0 Å². The van der Waals surface area contributed by atoms with E-state index in [0.717, 1.165) is 12.8 Å². The number of pyridine rings is 1. The van der Waals surface area contributed by atoms with Crippen molar-refractivity contribution in [3.8, 4) is 0 Å². The van der Waals surface area contributed by atoms with Crippen LogP contribution < -0.4 is 5.32 Å². The van der Waals surface area contributed by atoms with E-state index in [9.17, 15) is 9.18 Å². The van der Waals surface area contributed by atoms with E-state index in [1.807, 2.05) is 0 Å². The van der Waals surface area contributed by atoms with Gasteiger partial charge < -0.3 is 5.32 Å². The molecule has 1 aliphatic carbocycles. The minimum Gasteiger partial charge on any atom is -0.325 e. The summed E-state index contributed by atoms with van der Waals surface area (Å²) in [6.45, 7) is 0. The Morgan fingerprint density at radius 2 is 1.76 bits per heavy atom. The molecule has 3 rings (SSSR count). The van der Waals surface area contributed by atoms with Crippen LogP contribution in [0.2, 0.25) is 0 Å². The number of carbonyl (C=O) groups excluding carboxylic acids is 1. The molecular weight excluding hydrogens is 267 g/mol. The summed E-state index contributed by atoms with van der Waals surface area (Å²) in [7, 11) is 0. The number of benzene rings is 1. The summed E-state index contributed by atoms with van der Waals surface area (Å²) in [6.07, 6.45) is 6.51. The zero-order chi connectivity index (χ0) is 14.7. The highest BCUT2D eigenvalue weighted by molar-refractivity contribution is 5.99. The topological polar surface area (TPSA) is 42.0 Å². The maximum Gasteiger partial charge on any atom is 0.235 e. The van der Waals surface area contributed by atoms with Gasteiger partial charge in [0.1, 0.15) is 5.82 Å². The first kappa shape index (κ1) is 13.7. The van der Waals surface area contributed by atoms with E-state index in [0.29, 0.717) is 24.1 Å². The monoisotopic (exact) mass is 284 g/mol. The highest BCUT2D eigenvalue weighted by atomic mass is 19.1. The minimum atomic E-state index is -0.755. The molecule has 3 nitrogen and oxygen atoms in total. The Kier molecular flexibility index (Phi) is 3.69. The average Bonchev–Trinajstić information content (AvgIpc) is 2.99. The maximum atomic E-state index is 14.2. The summed E-state index contributed by atoms with van der Waals surface area (Å²) in [5.74, 6) is -0.430. The first-order valence-corrected chi connectivity index (χ1v) is 7.19. The third-order valence-electron chi connectivity index (χ3n) is 4.22. The van der Waals surface area contributed by atoms with Crippen molar-refractivity contribution >= 4 is 11.6 Å². The van der Waals surface area contributed by atoms with Crippen molar-refractivity contribution in [2.75, 3.05) is 5.32 Å². The van der Waals surface area contributed by atoms with Crippen LogP contribution in [0.25, 0.3) is 0 Å². The van der Waals surface area contributed by atoms with Gasteiger partial charge in [0.05, 0.1) is 5.41 Å². The highest BCUT2D eigenvalue weighted by Crippen LogP contribution is 2.43. The lowest BCUT2D eigenvalue weighted by Gasteiger charge is -2.28. The molecule has 0 saturated heterocycles. The largest absolute Gasteiger partial charge is 0.325 e. The molecule has 1 aromatic heterocycles. The van der Waals surface area contributed by atoms with Crippen molar-refractivity contribution in [1.82, 2.24) is 4.98 Å². The molecule has 0 aliphatic heterocycles. The fourth-order valence-corrected chi connectivity index (χ4v) is 3.13. The Bertz CT molecular complexity index is 636. The van der Waals surface area contributed by atoms with Crippen LogP contribution in [-0.4, -0.2) is 10.9 Å². The predicted octanol–water partition coefficient (Wildman–Crippen LogP) is 3.67. The number of nitrogens with zero attached hydrogens (tertiary/aromatic N) is 1. The zero-order valence-electron chi connectivity index (χ0n) is 11.7. The Morgan fingerprint density at radius 3 is 2.43 bits per heavy atom. The van der Waals surface area contributed by atoms with Gasteiger partial charge in [-0.3, -0.25) is 9.78 Å². The van der Waals surface area contributed by atoms with Crippen molar-refractivity contribution in [3.63, 3.8) is 0 Å². The van der Waals surface area contributed by atoms with Crippen LogP contribution in [0.15, 0.2) is 48.8 Å². The Balaban J connectivity index is 1.95. The molecular formula is C17H17FN2O. The number of rotatable bonds is 3. The number of halogens is 1. The van der Waals surface area contributed by atoms with Crippen molar-refractivity contribution < 1.29 is 9.18 Å². The van der Waals surface area contributed by atoms with Crippen molar-refractivity contribution in [2.24, 2.45) is 0 Å². The number of anilines is 1. The fraction of sp³-hybridized carbons (Fsp3) is 0.294. The van der Waals surface area contributed by atoms with Crippen molar-refractivity contribution in [2.45, 2.75) is 31.1 Å². The quantitative estimate of drug-likeness (QED) is 0.934. The highest BCUT2D eigenvalue weighted by Gasteiger charge is 2.44. The minimum absolute atomic E-state index is 0.128. The molecule has 1 amide bonds. The molecule has 1 saturated carbocycles. The smallest absolute Gasteiger partial charge is 0.235 e. The summed E-state index contributed by atoms with van der Waals surface area (Å²) in [4.78, 5) is 16.7. The number of aromatic nitrogens is 1. The second kappa shape index (κ2) is 5.64. The maximum absolute atomic E-state index is 14.2. The second-order valence-corrected chi connectivity index (χ2v) is 5.46. The predicted molar refractivity (Wildman–Crippen MR) is 79.4 cm³/mol. The molecule has 0 spiro atoms. The Morgan fingerprint density at radius 1 is 1.10 bits per heavy atom. The molecule has 1 heterocycles.